The lowest BCUT2D eigenvalue weighted by Gasteiger charge is -2.20. The van der Waals surface area contributed by atoms with Crippen molar-refractivity contribution in [1.82, 2.24) is 10.6 Å². The number of hydrogen-bond donors (Lipinski definition) is 4. The van der Waals surface area contributed by atoms with E-state index in [0.717, 1.165) is 19.3 Å². The molecule has 3 atom stereocenters. The maximum Gasteiger partial charge on any atom is 0.328 e. The molecule has 0 saturated heterocycles. The highest BCUT2D eigenvalue weighted by molar-refractivity contribution is 5.82. The fraction of sp³-hybridized carbons (Fsp3) is 0.667. The molecule has 0 saturated carbocycles. The van der Waals surface area contributed by atoms with Gasteiger partial charge in [-0.05, 0) is 32.1 Å². The van der Waals surface area contributed by atoms with Gasteiger partial charge < -0.3 is 20.8 Å². The van der Waals surface area contributed by atoms with Crippen LogP contribution in [0.3, 0.4) is 0 Å². The number of nitrogens with one attached hydrogen (secondary N) is 2. The van der Waals surface area contributed by atoms with Crippen molar-refractivity contribution < 1.29 is 19.8 Å². The molecule has 18 heavy (non-hydrogen) atoms. The van der Waals surface area contributed by atoms with Gasteiger partial charge >= 0.3 is 12.0 Å². The van der Waals surface area contributed by atoms with Gasteiger partial charge in [0.1, 0.15) is 0 Å². The average Bonchev–Trinajstić information content (AvgIpc) is 2.34. The highest BCUT2D eigenvalue weighted by atomic mass is 16.4. The predicted octanol–water partition coefficient (Wildman–Crippen LogP) is 0.476. The summed E-state index contributed by atoms with van der Waals surface area (Å²) in [5, 5.41) is 22.9. The number of aliphatic hydroxyl groups is 1. The van der Waals surface area contributed by atoms with Crippen molar-refractivity contribution in [2.24, 2.45) is 5.92 Å². The number of rotatable bonds is 5. The lowest BCUT2D eigenvalue weighted by atomic mass is 9.94. The summed E-state index contributed by atoms with van der Waals surface area (Å²) in [5.41, 5.74) is 0. The Morgan fingerprint density at radius 3 is 2.67 bits per heavy atom. The van der Waals surface area contributed by atoms with Crippen LogP contribution >= 0.6 is 0 Å². The van der Waals surface area contributed by atoms with Crippen molar-refractivity contribution in [2.45, 2.75) is 38.3 Å². The third-order valence-electron chi connectivity index (χ3n) is 2.96. The lowest BCUT2D eigenvalue weighted by molar-refractivity contribution is -0.141. The Morgan fingerprint density at radius 1 is 1.44 bits per heavy atom. The Balaban J connectivity index is 2.31. The first-order valence-electron chi connectivity index (χ1n) is 6.11. The molecule has 0 fully saturated rings. The molecule has 102 valence electrons. The normalized spacial score (nSPS) is 22.0. The lowest BCUT2D eigenvalue weighted by Crippen LogP contribution is -2.51. The molecule has 6 nitrogen and oxygen atoms in total. The van der Waals surface area contributed by atoms with Crippen LogP contribution in [0.5, 0.6) is 0 Å². The van der Waals surface area contributed by atoms with Crippen molar-refractivity contribution in [3.63, 3.8) is 0 Å². The largest absolute Gasteiger partial charge is 0.480 e. The topological polar surface area (TPSA) is 98.7 Å². The van der Waals surface area contributed by atoms with E-state index in [1.165, 1.54) is 6.92 Å². The Hall–Kier alpha value is -1.56. The summed E-state index contributed by atoms with van der Waals surface area (Å²) in [6.07, 6.45) is 6.04. The number of carboxylic acid groups (broad SMARTS) is 1. The van der Waals surface area contributed by atoms with E-state index in [9.17, 15) is 14.7 Å². The molecule has 0 bridgehead atoms. The minimum Gasteiger partial charge on any atom is -0.480 e. The molecule has 0 radical (unpaired) electrons. The monoisotopic (exact) mass is 256 g/mol. The molecule has 0 aromatic rings. The first kappa shape index (κ1) is 14.5. The second kappa shape index (κ2) is 7.00. The Bertz CT molecular complexity index is 328. The van der Waals surface area contributed by atoms with Gasteiger partial charge in [-0.15, -0.1) is 0 Å². The number of aliphatic hydroxyl groups excluding tert-OH is 1. The van der Waals surface area contributed by atoms with E-state index in [0.29, 0.717) is 12.5 Å². The molecule has 2 amide bonds. The quantitative estimate of drug-likeness (QED) is 0.537. The zero-order chi connectivity index (χ0) is 13.5. The summed E-state index contributed by atoms with van der Waals surface area (Å²) in [6.45, 7) is 1.84. The third-order valence-corrected chi connectivity index (χ3v) is 2.96. The number of hydrogen-bond acceptors (Lipinski definition) is 3. The summed E-state index contributed by atoms with van der Waals surface area (Å²) >= 11 is 0. The Labute approximate surface area is 106 Å². The summed E-state index contributed by atoms with van der Waals surface area (Å²) in [6, 6.07) is -1.84. The number of allylic oxidation sites excluding steroid dienone is 2. The van der Waals surface area contributed by atoms with Crippen LogP contribution in [0.2, 0.25) is 0 Å². The number of carbonyl (C=O) groups is 2. The molecule has 1 rings (SSSR count). The van der Waals surface area contributed by atoms with Crippen molar-refractivity contribution >= 4 is 12.0 Å². The Morgan fingerprint density at radius 2 is 2.17 bits per heavy atom. The summed E-state index contributed by atoms with van der Waals surface area (Å²) in [4.78, 5) is 22.3. The van der Waals surface area contributed by atoms with Crippen LogP contribution in [-0.4, -0.2) is 40.9 Å². The first-order valence-corrected chi connectivity index (χ1v) is 6.11. The van der Waals surface area contributed by atoms with Crippen LogP contribution in [0.1, 0.15) is 26.2 Å². The van der Waals surface area contributed by atoms with E-state index in [1.54, 1.807) is 0 Å². The van der Waals surface area contributed by atoms with E-state index < -0.39 is 24.1 Å². The van der Waals surface area contributed by atoms with E-state index in [-0.39, 0.29) is 0 Å². The molecular formula is C12H20N2O4. The van der Waals surface area contributed by atoms with Crippen LogP contribution in [0.4, 0.5) is 4.79 Å². The minimum absolute atomic E-state index is 0.399. The van der Waals surface area contributed by atoms with Crippen LogP contribution in [-0.2, 0) is 4.79 Å². The van der Waals surface area contributed by atoms with Crippen LogP contribution in [0, 0.1) is 5.92 Å². The molecule has 0 aromatic carbocycles. The van der Waals surface area contributed by atoms with Gasteiger partial charge in [-0.1, -0.05) is 12.2 Å². The molecule has 0 aromatic heterocycles. The zero-order valence-electron chi connectivity index (χ0n) is 10.4. The van der Waals surface area contributed by atoms with Crippen molar-refractivity contribution in [1.29, 1.82) is 0 Å². The second-order valence-corrected chi connectivity index (χ2v) is 4.56. The molecular weight excluding hydrogens is 236 g/mol. The van der Waals surface area contributed by atoms with Crippen molar-refractivity contribution in [3.8, 4) is 0 Å². The van der Waals surface area contributed by atoms with Gasteiger partial charge in [-0.3, -0.25) is 0 Å². The molecule has 0 aliphatic heterocycles. The van der Waals surface area contributed by atoms with E-state index in [1.807, 2.05) is 0 Å². The van der Waals surface area contributed by atoms with Crippen LogP contribution < -0.4 is 10.6 Å². The molecule has 3 unspecified atom stereocenters. The van der Waals surface area contributed by atoms with Gasteiger partial charge in [0.25, 0.3) is 0 Å². The van der Waals surface area contributed by atoms with Crippen molar-refractivity contribution in [3.05, 3.63) is 12.2 Å². The average molecular weight is 256 g/mol. The fourth-order valence-electron chi connectivity index (χ4n) is 1.86. The zero-order valence-corrected chi connectivity index (χ0v) is 10.4. The third kappa shape index (κ3) is 4.75. The molecule has 1 aliphatic carbocycles. The standard InChI is InChI=1S/C12H20N2O4/c1-8(15)10(11(16)17)14-12(18)13-7-9-5-3-2-4-6-9/h2-3,8-10,15H,4-7H2,1H3,(H,16,17)(H2,13,14,18). The van der Waals surface area contributed by atoms with Gasteiger partial charge in [-0.25, -0.2) is 9.59 Å². The van der Waals surface area contributed by atoms with Crippen LogP contribution in [0.15, 0.2) is 12.2 Å². The first-order chi connectivity index (χ1) is 8.50. The molecule has 6 heteroatoms. The molecule has 0 spiro atoms. The maximum atomic E-state index is 11.5. The number of urea groups is 1. The minimum atomic E-state index is -1.28. The second-order valence-electron chi connectivity index (χ2n) is 4.56. The van der Waals surface area contributed by atoms with E-state index >= 15 is 0 Å². The summed E-state index contributed by atoms with van der Waals surface area (Å²) in [7, 11) is 0. The SMILES string of the molecule is CC(O)C(NC(=O)NCC1CC=CCC1)C(=O)O. The number of amides is 2. The number of aliphatic carboxylic acids is 1. The van der Waals surface area contributed by atoms with E-state index in [4.69, 9.17) is 5.11 Å². The molecule has 1 aliphatic rings. The number of carboxylic acids is 1. The van der Waals surface area contributed by atoms with Crippen LogP contribution in [0.25, 0.3) is 0 Å². The maximum absolute atomic E-state index is 11.5. The van der Waals surface area contributed by atoms with Gasteiger partial charge in [0.2, 0.25) is 0 Å². The fourth-order valence-corrected chi connectivity index (χ4v) is 1.86. The smallest absolute Gasteiger partial charge is 0.328 e. The predicted molar refractivity (Wildman–Crippen MR) is 66.1 cm³/mol. The van der Waals surface area contributed by atoms with Gasteiger partial charge in [0, 0.05) is 6.54 Å². The summed E-state index contributed by atoms with van der Waals surface area (Å²) in [5.74, 6) is -0.851. The Kier molecular flexibility index (Phi) is 5.64. The van der Waals surface area contributed by atoms with E-state index in [2.05, 4.69) is 22.8 Å². The molecule has 4 N–H and O–H groups in total. The summed E-state index contributed by atoms with van der Waals surface area (Å²) < 4.78 is 0. The van der Waals surface area contributed by atoms with Gasteiger partial charge in [0.05, 0.1) is 6.10 Å². The van der Waals surface area contributed by atoms with Crippen molar-refractivity contribution in [2.75, 3.05) is 6.54 Å². The number of carbonyl (C=O) groups excluding carboxylic acids is 1. The highest BCUT2D eigenvalue weighted by Gasteiger charge is 2.25. The molecule has 0 heterocycles. The van der Waals surface area contributed by atoms with Gasteiger partial charge in [0.15, 0.2) is 6.04 Å². The van der Waals surface area contributed by atoms with Gasteiger partial charge in [-0.2, -0.15) is 0 Å². The highest BCUT2D eigenvalue weighted by Crippen LogP contribution is 2.16.